The maximum Gasteiger partial charge on any atom is 0.0432 e. The second-order valence-electron chi connectivity index (χ2n) is 2.98. The van der Waals surface area contributed by atoms with Gasteiger partial charge in [-0.15, -0.1) is 0 Å². The maximum atomic E-state index is 3.79. The van der Waals surface area contributed by atoms with Crippen LogP contribution in [0, 0.1) is 20.8 Å². The third kappa shape index (κ3) is 1.01. The fraction of sp³-hybridized carbons (Fsp3) is 0.400. The molecule has 1 rings (SSSR count). The highest BCUT2D eigenvalue weighted by molar-refractivity contribution is 5.53. The number of aromatic nitrogens is 1. The van der Waals surface area contributed by atoms with Crippen molar-refractivity contribution >= 4 is 6.08 Å². The first-order valence-electron chi connectivity index (χ1n) is 3.84. The van der Waals surface area contributed by atoms with E-state index in [0.29, 0.717) is 0 Å². The van der Waals surface area contributed by atoms with Gasteiger partial charge in [-0.2, -0.15) is 0 Å². The van der Waals surface area contributed by atoms with Crippen molar-refractivity contribution in [3.63, 3.8) is 0 Å². The molecule has 0 aromatic carbocycles. The van der Waals surface area contributed by atoms with Crippen LogP contribution in [0.2, 0.25) is 0 Å². The third-order valence-electron chi connectivity index (χ3n) is 2.55. The van der Waals surface area contributed by atoms with E-state index in [-0.39, 0.29) is 0 Å². The predicted molar refractivity (Wildman–Crippen MR) is 49.7 cm³/mol. The molecule has 11 heavy (non-hydrogen) atoms. The summed E-state index contributed by atoms with van der Waals surface area (Å²) in [7, 11) is 2.08. The normalized spacial score (nSPS) is 10.2. The summed E-state index contributed by atoms with van der Waals surface area (Å²) < 4.78 is 2.18. The molecule has 60 valence electrons. The largest absolute Gasteiger partial charge is 0.348 e. The molecule has 0 saturated heterocycles. The molecule has 1 aromatic heterocycles. The van der Waals surface area contributed by atoms with Crippen LogP contribution in [0.25, 0.3) is 6.08 Å². The zero-order valence-corrected chi connectivity index (χ0v) is 7.73. The van der Waals surface area contributed by atoms with Crippen LogP contribution >= 0.6 is 0 Å². The highest BCUT2D eigenvalue weighted by Crippen LogP contribution is 2.20. The third-order valence-corrected chi connectivity index (χ3v) is 2.55. The Balaban J connectivity index is 3.47. The van der Waals surface area contributed by atoms with Gasteiger partial charge in [-0.3, -0.25) is 0 Å². The van der Waals surface area contributed by atoms with E-state index in [4.69, 9.17) is 0 Å². The second kappa shape index (κ2) is 2.57. The van der Waals surface area contributed by atoms with Crippen molar-refractivity contribution in [3.8, 4) is 0 Å². The molecule has 0 radical (unpaired) electrons. The monoisotopic (exact) mass is 149 g/mol. The molecular formula is C10H15N. The highest BCUT2D eigenvalue weighted by atomic mass is 15.0. The van der Waals surface area contributed by atoms with Gasteiger partial charge in [-0.1, -0.05) is 6.58 Å². The molecule has 0 amide bonds. The average Bonchev–Trinajstić information content (AvgIpc) is 2.17. The number of hydrogen-bond donors (Lipinski definition) is 0. The lowest BCUT2D eigenvalue weighted by Crippen LogP contribution is -1.93. The van der Waals surface area contributed by atoms with Gasteiger partial charge >= 0.3 is 0 Å². The quantitative estimate of drug-likeness (QED) is 0.578. The molecule has 1 heteroatoms. The first kappa shape index (κ1) is 8.12. The van der Waals surface area contributed by atoms with Gasteiger partial charge < -0.3 is 4.57 Å². The zero-order valence-electron chi connectivity index (χ0n) is 7.73. The second-order valence-corrected chi connectivity index (χ2v) is 2.98. The van der Waals surface area contributed by atoms with Crippen LogP contribution in [-0.2, 0) is 7.05 Å². The molecule has 0 aliphatic rings. The lowest BCUT2D eigenvalue weighted by atomic mass is 10.1. The van der Waals surface area contributed by atoms with E-state index in [1.165, 1.54) is 22.5 Å². The molecule has 0 aliphatic heterocycles. The minimum Gasteiger partial charge on any atom is -0.348 e. The molecule has 0 aliphatic carbocycles. The molecule has 1 heterocycles. The fourth-order valence-corrected chi connectivity index (χ4v) is 1.44. The molecule has 1 nitrogen and oxygen atoms in total. The summed E-state index contributed by atoms with van der Waals surface area (Å²) in [5, 5.41) is 0. The minimum absolute atomic E-state index is 1.24. The number of hydrogen-bond acceptors (Lipinski definition) is 0. The molecule has 0 N–H and O–H groups in total. The van der Waals surface area contributed by atoms with Crippen molar-refractivity contribution < 1.29 is 0 Å². The topological polar surface area (TPSA) is 4.93 Å². The standard InChI is InChI=1S/C10H15N/c1-6-10-8(3)7(2)9(4)11(10)5/h6H,1H2,2-5H3. The van der Waals surface area contributed by atoms with Gasteiger partial charge in [-0.25, -0.2) is 0 Å². The Labute approximate surface area is 68.4 Å². The van der Waals surface area contributed by atoms with Crippen molar-refractivity contribution in [2.45, 2.75) is 20.8 Å². The lowest BCUT2D eigenvalue weighted by Gasteiger charge is -1.99. The van der Waals surface area contributed by atoms with Crippen molar-refractivity contribution in [2.24, 2.45) is 7.05 Å². The molecule has 0 spiro atoms. The van der Waals surface area contributed by atoms with Gasteiger partial charge in [-0.05, 0) is 38.0 Å². The van der Waals surface area contributed by atoms with E-state index in [2.05, 4.69) is 39.0 Å². The zero-order chi connectivity index (χ0) is 8.59. The summed E-state index contributed by atoms with van der Waals surface area (Å²) in [5.74, 6) is 0. The van der Waals surface area contributed by atoms with Crippen LogP contribution in [0.15, 0.2) is 6.58 Å². The molecule has 0 unspecified atom stereocenters. The highest BCUT2D eigenvalue weighted by Gasteiger charge is 2.07. The van der Waals surface area contributed by atoms with Crippen LogP contribution in [0.1, 0.15) is 22.5 Å². The van der Waals surface area contributed by atoms with Gasteiger partial charge in [0.05, 0.1) is 0 Å². The van der Waals surface area contributed by atoms with Crippen molar-refractivity contribution in [1.29, 1.82) is 0 Å². The Morgan fingerprint density at radius 2 is 1.73 bits per heavy atom. The summed E-state index contributed by atoms with van der Waals surface area (Å²) in [6.07, 6.45) is 1.91. The summed E-state index contributed by atoms with van der Waals surface area (Å²) in [5.41, 5.74) is 5.29. The Morgan fingerprint density at radius 3 is 1.91 bits per heavy atom. The van der Waals surface area contributed by atoms with Gasteiger partial charge in [0.1, 0.15) is 0 Å². The van der Waals surface area contributed by atoms with Crippen LogP contribution in [0.5, 0.6) is 0 Å². The van der Waals surface area contributed by atoms with Gasteiger partial charge in [0, 0.05) is 18.4 Å². The summed E-state index contributed by atoms with van der Waals surface area (Å²) in [6, 6.07) is 0. The number of rotatable bonds is 1. The molecule has 0 atom stereocenters. The molecule has 1 aromatic rings. The first-order chi connectivity index (χ1) is 5.09. The van der Waals surface area contributed by atoms with E-state index in [1.54, 1.807) is 0 Å². The fourth-order valence-electron chi connectivity index (χ4n) is 1.44. The van der Waals surface area contributed by atoms with E-state index in [9.17, 15) is 0 Å². The molecule has 0 saturated carbocycles. The summed E-state index contributed by atoms with van der Waals surface area (Å²) in [4.78, 5) is 0. The first-order valence-corrected chi connectivity index (χ1v) is 3.84. The van der Waals surface area contributed by atoms with Crippen LogP contribution in [0.4, 0.5) is 0 Å². The van der Waals surface area contributed by atoms with Crippen molar-refractivity contribution in [1.82, 2.24) is 4.57 Å². The Kier molecular flexibility index (Phi) is 1.90. The molecular weight excluding hydrogens is 134 g/mol. The van der Waals surface area contributed by atoms with E-state index >= 15 is 0 Å². The van der Waals surface area contributed by atoms with Crippen LogP contribution < -0.4 is 0 Å². The Hall–Kier alpha value is -0.980. The Morgan fingerprint density at radius 1 is 1.18 bits per heavy atom. The van der Waals surface area contributed by atoms with Gasteiger partial charge in [0.25, 0.3) is 0 Å². The number of nitrogens with zero attached hydrogens (tertiary/aromatic N) is 1. The molecule has 0 bridgehead atoms. The smallest absolute Gasteiger partial charge is 0.0432 e. The van der Waals surface area contributed by atoms with Crippen LogP contribution in [-0.4, -0.2) is 4.57 Å². The predicted octanol–water partition coefficient (Wildman–Crippen LogP) is 2.59. The lowest BCUT2D eigenvalue weighted by molar-refractivity contribution is 0.865. The summed E-state index contributed by atoms with van der Waals surface area (Å²) >= 11 is 0. The van der Waals surface area contributed by atoms with Gasteiger partial charge in [0.2, 0.25) is 0 Å². The van der Waals surface area contributed by atoms with E-state index in [0.717, 1.165) is 0 Å². The van der Waals surface area contributed by atoms with E-state index < -0.39 is 0 Å². The van der Waals surface area contributed by atoms with E-state index in [1.807, 2.05) is 6.08 Å². The maximum absolute atomic E-state index is 3.79. The van der Waals surface area contributed by atoms with Crippen LogP contribution in [0.3, 0.4) is 0 Å². The Bertz CT molecular complexity index is 267. The average molecular weight is 149 g/mol. The minimum atomic E-state index is 1.24. The molecule has 0 fully saturated rings. The summed E-state index contributed by atoms with van der Waals surface area (Å²) in [6.45, 7) is 10.2. The van der Waals surface area contributed by atoms with Gasteiger partial charge in [0.15, 0.2) is 0 Å². The van der Waals surface area contributed by atoms with Crippen molar-refractivity contribution in [2.75, 3.05) is 0 Å². The SMILES string of the molecule is C=Cc1c(C)c(C)c(C)n1C. The van der Waals surface area contributed by atoms with Crippen molar-refractivity contribution in [3.05, 3.63) is 29.1 Å².